The first-order chi connectivity index (χ1) is 13.9. The molecule has 2 rings (SSSR count). The fraction of sp³-hybridized carbons (Fsp3) is 0.263. The molecule has 0 aliphatic heterocycles. The highest BCUT2D eigenvalue weighted by Crippen LogP contribution is 2.21. The molecule has 152 valence electrons. The van der Waals surface area contributed by atoms with Crippen LogP contribution >= 0.6 is 0 Å². The lowest BCUT2D eigenvalue weighted by atomic mass is 10.1. The largest absolute Gasteiger partial charge is 0.465 e. The van der Waals surface area contributed by atoms with Gasteiger partial charge in [0.25, 0.3) is 6.47 Å². The summed E-state index contributed by atoms with van der Waals surface area (Å²) in [6.07, 6.45) is 0. The molecular formula is C19H18N2O8. The van der Waals surface area contributed by atoms with Gasteiger partial charge in [-0.15, -0.1) is 0 Å². The second kappa shape index (κ2) is 10.0. The molecule has 29 heavy (non-hydrogen) atoms. The van der Waals surface area contributed by atoms with Gasteiger partial charge in [-0.1, -0.05) is 0 Å². The molecule has 2 aromatic rings. The highest BCUT2D eigenvalue weighted by molar-refractivity contribution is 5.98. The van der Waals surface area contributed by atoms with E-state index >= 15 is 0 Å². The number of carbonyl (C=O) groups is 4. The highest BCUT2D eigenvalue weighted by Gasteiger charge is 2.16. The zero-order valence-corrected chi connectivity index (χ0v) is 15.7. The van der Waals surface area contributed by atoms with E-state index in [9.17, 15) is 19.2 Å². The van der Waals surface area contributed by atoms with Crippen molar-refractivity contribution in [1.82, 2.24) is 9.97 Å². The Morgan fingerprint density at radius 2 is 1.59 bits per heavy atom. The van der Waals surface area contributed by atoms with Crippen LogP contribution in [-0.2, 0) is 37.0 Å². The fourth-order valence-electron chi connectivity index (χ4n) is 2.37. The van der Waals surface area contributed by atoms with Crippen LogP contribution < -0.4 is 0 Å². The maximum absolute atomic E-state index is 12.0. The van der Waals surface area contributed by atoms with Crippen LogP contribution in [0.25, 0.3) is 11.4 Å². The molecule has 10 heteroatoms. The number of aliphatic hydroxyl groups excluding tert-OH is 1. The number of rotatable bonds is 9. The molecule has 0 saturated carbocycles. The van der Waals surface area contributed by atoms with E-state index in [1.807, 2.05) is 0 Å². The quantitative estimate of drug-likeness (QED) is 0.277. The van der Waals surface area contributed by atoms with Crippen LogP contribution in [0.15, 0.2) is 24.3 Å². The summed E-state index contributed by atoms with van der Waals surface area (Å²) >= 11 is 0. The van der Waals surface area contributed by atoms with Crippen molar-refractivity contribution >= 4 is 24.2 Å². The lowest BCUT2D eigenvalue weighted by molar-refractivity contribution is -0.142. The van der Waals surface area contributed by atoms with Crippen molar-refractivity contribution < 1.29 is 38.5 Å². The van der Waals surface area contributed by atoms with Gasteiger partial charge in [0.05, 0.1) is 35.4 Å². The SMILES string of the molecule is COC(=O)c1cc(COC(C)=O)nc(-c2cc(C(=O)CO)cc(COC=O)n2)c1. The summed E-state index contributed by atoms with van der Waals surface area (Å²) < 4.78 is 14.3. The van der Waals surface area contributed by atoms with E-state index < -0.39 is 24.3 Å². The van der Waals surface area contributed by atoms with Crippen LogP contribution in [0.1, 0.15) is 39.0 Å². The van der Waals surface area contributed by atoms with Gasteiger partial charge in [0.15, 0.2) is 5.78 Å². The normalized spacial score (nSPS) is 10.2. The van der Waals surface area contributed by atoms with Gasteiger partial charge >= 0.3 is 11.9 Å². The van der Waals surface area contributed by atoms with Crippen molar-refractivity contribution in [3.63, 3.8) is 0 Å². The molecule has 0 aliphatic carbocycles. The lowest BCUT2D eigenvalue weighted by Gasteiger charge is -2.10. The molecule has 1 N–H and O–H groups in total. The number of ketones is 1. The number of pyridine rings is 2. The minimum Gasteiger partial charge on any atom is -0.465 e. The first-order valence-corrected chi connectivity index (χ1v) is 8.31. The van der Waals surface area contributed by atoms with Gasteiger partial charge in [-0.3, -0.25) is 14.4 Å². The monoisotopic (exact) mass is 402 g/mol. The summed E-state index contributed by atoms with van der Waals surface area (Å²) in [5.74, 6) is -1.76. The van der Waals surface area contributed by atoms with E-state index in [0.717, 1.165) is 0 Å². The highest BCUT2D eigenvalue weighted by atomic mass is 16.5. The Balaban J connectivity index is 2.58. The van der Waals surface area contributed by atoms with Gasteiger partial charge < -0.3 is 19.3 Å². The molecule has 0 aromatic carbocycles. The molecule has 0 unspecified atom stereocenters. The van der Waals surface area contributed by atoms with Crippen LogP contribution in [0.3, 0.4) is 0 Å². The summed E-state index contributed by atoms with van der Waals surface area (Å²) in [7, 11) is 1.21. The zero-order chi connectivity index (χ0) is 21.4. The Hall–Kier alpha value is -3.66. The van der Waals surface area contributed by atoms with E-state index in [1.165, 1.54) is 38.3 Å². The summed E-state index contributed by atoms with van der Waals surface area (Å²) in [5.41, 5.74) is 1.11. The number of aromatic nitrogens is 2. The molecule has 0 amide bonds. The van der Waals surface area contributed by atoms with Crippen molar-refractivity contribution in [2.45, 2.75) is 20.1 Å². The Bertz CT molecular complexity index is 942. The van der Waals surface area contributed by atoms with E-state index in [1.54, 1.807) is 0 Å². The van der Waals surface area contributed by atoms with E-state index in [-0.39, 0.29) is 53.6 Å². The maximum atomic E-state index is 12.0. The first kappa shape index (κ1) is 21.6. The molecule has 0 atom stereocenters. The molecule has 0 aliphatic rings. The van der Waals surface area contributed by atoms with E-state index in [4.69, 9.17) is 14.6 Å². The number of nitrogens with zero attached hydrogens (tertiary/aromatic N) is 2. The van der Waals surface area contributed by atoms with Crippen molar-refractivity contribution in [2.75, 3.05) is 13.7 Å². The predicted molar refractivity (Wildman–Crippen MR) is 96.5 cm³/mol. The summed E-state index contributed by atoms with van der Waals surface area (Å²) in [6.45, 7) is 0.333. The third-order valence-corrected chi connectivity index (χ3v) is 3.63. The number of aliphatic hydroxyl groups is 1. The minimum absolute atomic E-state index is 0.119. The third-order valence-electron chi connectivity index (χ3n) is 3.63. The number of methoxy groups -OCH3 is 1. The first-order valence-electron chi connectivity index (χ1n) is 8.31. The Morgan fingerprint density at radius 1 is 1.00 bits per heavy atom. The number of hydrogen-bond acceptors (Lipinski definition) is 10. The van der Waals surface area contributed by atoms with Gasteiger partial charge in [-0.05, 0) is 24.3 Å². The smallest absolute Gasteiger partial charge is 0.337 e. The average molecular weight is 402 g/mol. The van der Waals surface area contributed by atoms with Crippen LogP contribution in [-0.4, -0.2) is 53.0 Å². The number of hydrogen-bond donors (Lipinski definition) is 1. The molecular weight excluding hydrogens is 384 g/mol. The van der Waals surface area contributed by atoms with Gasteiger partial charge in [-0.25, -0.2) is 14.8 Å². The van der Waals surface area contributed by atoms with Crippen molar-refractivity contribution in [1.29, 1.82) is 0 Å². The van der Waals surface area contributed by atoms with Crippen LogP contribution in [0, 0.1) is 0 Å². The Morgan fingerprint density at radius 3 is 2.14 bits per heavy atom. The van der Waals surface area contributed by atoms with Crippen LogP contribution in [0.2, 0.25) is 0 Å². The molecule has 0 saturated heterocycles. The van der Waals surface area contributed by atoms with Crippen molar-refractivity contribution in [3.05, 3.63) is 46.8 Å². The summed E-state index contributed by atoms with van der Waals surface area (Å²) in [6, 6.07) is 5.54. The summed E-state index contributed by atoms with van der Waals surface area (Å²) in [4.78, 5) is 54.1. The molecule has 0 bridgehead atoms. The standard InChI is InChI=1S/C19H18N2O8/c1-11(24)29-9-15-4-13(19(26)27-2)6-17(21-15)16-5-12(18(25)7-22)3-14(20-16)8-28-10-23/h3-6,10,22H,7-9H2,1-2H3. The molecule has 0 spiro atoms. The molecule has 2 aromatic heterocycles. The average Bonchev–Trinajstić information content (AvgIpc) is 2.74. The predicted octanol–water partition coefficient (Wildman–Crippen LogP) is 0.841. The van der Waals surface area contributed by atoms with Gasteiger partial charge in [-0.2, -0.15) is 0 Å². The number of esters is 2. The lowest BCUT2D eigenvalue weighted by Crippen LogP contribution is -2.10. The Labute approximate surface area is 165 Å². The molecule has 0 radical (unpaired) electrons. The van der Waals surface area contributed by atoms with Crippen molar-refractivity contribution in [3.8, 4) is 11.4 Å². The summed E-state index contributed by atoms with van der Waals surface area (Å²) in [5, 5.41) is 9.15. The van der Waals surface area contributed by atoms with E-state index in [0.29, 0.717) is 0 Å². The van der Waals surface area contributed by atoms with Gasteiger partial charge in [0.2, 0.25) is 0 Å². The number of ether oxygens (including phenoxy) is 3. The second-order valence-electron chi connectivity index (χ2n) is 5.73. The molecule has 10 nitrogen and oxygen atoms in total. The maximum Gasteiger partial charge on any atom is 0.337 e. The minimum atomic E-state index is -0.731. The van der Waals surface area contributed by atoms with Gasteiger partial charge in [0.1, 0.15) is 19.8 Å². The third kappa shape index (κ3) is 5.91. The second-order valence-corrected chi connectivity index (χ2v) is 5.73. The van der Waals surface area contributed by atoms with Crippen molar-refractivity contribution in [2.24, 2.45) is 0 Å². The zero-order valence-electron chi connectivity index (χ0n) is 15.7. The topological polar surface area (TPSA) is 142 Å². The number of carbonyl (C=O) groups excluding carboxylic acids is 4. The van der Waals surface area contributed by atoms with E-state index in [2.05, 4.69) is 14.7 Å². The fourth-order valence-corrected chi connectivity index (χ4v) is 2.37. The van der Waals surface area contributed by atoms with Gasteiger partial charge in [0, 0.05) is 12.5 Å². The number of Topliss-reactive ketones (excluding diaryl/α,β-unsaturated/α-hetero) is 1. The molecule has 0 fully saturated rings. The Kier molecular flexibility index (Phi) is 7.49. The molecule has 2 heterocycles. The van der Waals surface area contributed by atoms with Crippen LogP contribution in [0.5, 0.6) is 0 Å². The van der Waals surface area contributed by atoms with Crippen LogP contribution in [0.4, 0.5) is 0 Å².